The number of rotatable bonds is 7. The van der Waals surface area contributed by atoms with E-state index in [1.165, 1.54) is 19.4 Å². The number of guanidine groups is 1. The maximum Gasteiger partial charge on any atom is 0.191 e. The maximum atomic E-state index is 4.87. The monoisotopic (exact) mass is 532 g/mol. The molecular formula is C21H41IN8. The van der Waals surface area contributed by atoms with Gasteiger partial charge in [0.05, 0.1) is 0 Å². The van der Waals surface area contributed by atoms with E-state index in [9.17, 15) is 0 Å². The highest BCUT2D eigenvalue weighted by molar-refractivity contribution is 14.0. The van der Waals surface area contributed by atoms with Gasteiger partial charge in [-0.3, -0.25) is 4.90 Å². The molecule has 3 rings (SSSR count). The first-order valence-electron chi connectivity index (χ1n) is 11.4. The van der Waals surface area contributed by atoms with E-state index in [0.717, 1.165) is 56.6 Å². The quantitative estimate of drug-likeness (QED) is 0.319. The molecular weight excluding hydrogens is 491 g/mol. The molecule has 9 heteroatoms. The predicted octanol–water partition coefficient (Wildman–Crippen LogP) is 2.13. The predicted molar refractivity (Wildman–Crippen MR) is 133 cm³/mol. The standard InChI is InChI=1S/C21H40N8.HI/c1-6-28-11-7-8-19(28)14-22-21(23-15-20-26-25-17(4)27(20)5)24-18-9-12-29(13-10-18)16(2)3;/h16,18-19H,6-15H2,1-5H3,(H2,22,23,24);1H. The minimum Gasteiger partial charge on any atom is -0.355 e. The fourth-order valence-corrected chi connectivity index (χ4v) is 4.40. The number of hydrogen-bond donors (Lipinski definition) is 2. The van der Waals surface area contributed by atoms with Crippen molar-refractivity contribution in [1.29, 1.82) is 0 Å². The molecule has 0 radical (unpaired) electrons. The Morgan fingerprint density at radius 1 is 1.17 bits per heavy atom. The van der Waals surface area contributed by atoms with Crippen LogP contribution in [0.1, 0.15) is 58.1 Å². The average Bonchev–Trinajstić information content (AvgIpc) is 3.31. The molecule has 1 unspecified atom stereocenters. The van der Waals surface area contributed by atoms with Crippen LogP contribution in [0.25, 0.3) is 0 Å². The largest absolute Gasteiger partial charge is 0.355 e. The lowest BCUT2D eigenvalue weighted by Gasteiger charge is -2.35. The van der Waals surface area contributed by atoms with Gasteiger partial charge in [0.25, 0.3) is 0 Å². The topological polar surface area (TPSA) is 73.6 Å². The number of aryl methyl sites for hydroxylation is 1. The van der Waals surface area contributed by atoms with Crippen LogP contribution in [0.3, 0.4) is 0 Å². The number of nitrogens with one attached hydrogen (secondary N) is 2. The smallest absolute Gasteiger partial charge is 0.191 e. The van der Waals surface area contributed by atoms with Crippen LogP contribution in [0.15, 0.2) is 4.99 Å². The van der Waals surface area contributed by atoms with E-state index >= 15 is 0 Å². The van der Waals surface area contributed by atoms with Crippen molar-refractivity contribution in [2.75, 3.05) is 32.7 Å². The molecule has 0 aromatic carbocycles. The fourth-order valence-electron chi connectivity index (χ4n) is 4.40. The number of aliphatic imine (C=N–C) groups is 1. The normalized spacial score (nSPS) is 21.8. The lowest BCUT2D eigenvalue weighted by molar-refractivity contribution is 0.167. The van der Waals surface area contributed by atoms with Gasteiger partial charge in [0.1, 0.15) is 12.4 Å². The van der Waals surface area contributed by atoms with E-state index in [1.54, 1.807) is 0 Å². The molecule has 2 fully saturated rings. The Morgan fingerprint density at radius 2 is 1.90 bits per heavy atom. The van der Waals surface area contributed by atoms with Crippen LogP contribution in [0, 0.1) is 6.92 Å². The van der Waals surface area contributed by atoms with Gasteiger partial charge < -0.3 is 20.1 Å². The molecule has 0 aliphatic carbocycles. The first kappa shape index (κ1) is 25.3. The number of aromatic nitrogens is 3. The number of halogens is 1. The summed E-state index contributed by atoms with van der Waals surface area (Å²) in [4.78, 5) is 9.99. The molecule has 1 aromatic rings. The summed E-state index contributed by atoms with van der Waals surface area (Å²) in [5.74, 6) is 2.73. The number of hydrogen-bond acceptors (Lipinski definition) is 5. The van der Waals surface area contributed by atoms with Gasteiger partial charge in [-0.05, 0) is 59.5 Å². The fraction of sp³-hybridized carbons (Fsp3) is 0.857. The summed E-state index contributed by atoms with van der Waals surface area (Å²) in [6, 6.07) is 1.71. The minimum atomic E-state index is 0. The molecule has 0 bridgehead atoms. The molecule has 30 heavy (non-hydrogen) atoms. The number of likely N-dealkylation sites (N-methyl/N-ethyl adjacent to an activating group) is 1. The highest BCUT2D eigenvalue weighted by Gasteiger charge is 2.24. The average molecular weight is 533 g/mol. The molecule has 0 amide bonds. The van der Waals surface area contributed by atoms with Crippen LogP contribution >= 0.6 is 24.0 Å². The Hall–Kier alpha value is -0.940. The first-order valence-corrected chi connectivity index (χ1v) is 11.4. The van der Waals surface area contributed by atoms with Gasteiger partial charge >= 0.3 is 0 Å². The molecule has 2 saturated heterocycles. The van der Waals surface area contributed by atoms with Crippen LogP contribution in [-0.4, -0.2) is 81.4 Å². The Balaban J connectivity index is 0.00000320. The molecule has 1 aromatic heterocycles. The second kappa shape index (κ2) is 12.2. The highest BCUT2D eigenvalue weighted by Crippen LogP contribution is 2.16. The van der Waals surface area contributed by atoms with Crippen LogP contribution in [0.5, 0.6) is 0 Å². The van der Waals surface area contributed by atoms with Crippen molar-refractivity contribution in [3.63, 3.8) is 0 Å². The third kappa shape index (κ3) is 6.78. The number of nitrogens with zero attached hydrogens (tertiary/aromatic N) is 6. The summed E-state index contributed by atoms with van der Waals surface area (Å²) in [5, 5.41) is 15.8. The Labute approximate surface area is 199 Å². The van der Waals surface area contributed by atoms with Crippen molar-refractivity contribution in [3.8, 4) is 0 Å². The third-order valence-electron chi connectivity index (χ3n) is 6.57. The van der Waals surface area contributed by atoms with Gasteiger partial charge in [0, 0.05) is 44.8 Å². The van der Waals surface area contributed by atoms with Crippen LogP contribution in [0.2, 0.25) is 0 Å². The van der Waals surface area contributed by atoms with Crippen molar-refractivity contribution in [2.45, 2.75) is 78.0 Å². The summed E-state index contributed by atoms with van der Waals surface area (Å²) in [6.45, 7) is 14.9. The van der Waals surface area contributed by atoms with Crippen molar-refractivity contribution >= 4 is 29.9 Å². The van der Waals surface area contributed by atoms with Crippen LogP contribution in [-0.2, 0) is 13.6 Å². The van der Waals surface area contributed by atoms with E-state index in [-0.39, 0.29) is 24.0 Å². The molecule has 2 N–H and O–H groups in total. The molecule has 0 saturated carbocycles. The number of likely N-dealkylation sites (tertiary alicyclic amines) is 2. The van der Waals surface area contributed by atoms with E-state index in [2.05, 4.69) is 51.4 Å². The van der Waals surface area contributed by atoms with Gasteiger partial charge in [-0.15, -0.1) is 34.2 Å². The Bertz CT molecular complexity index is 666. The van der Waals surface area contributed by atoms with Gasteiger partial charge in [-0.1, -0.05) is 6.92 Å². The van der Waals surface area contributed by atoms with E-state index in [0.29, 0.717) is 24.7 Å². The second-order valence-corrected chi connectivity index (χ2v) is 8.74. The molecule has 2 aliphatic rings. The molecule has 0 spiro atoms. The van der Waals surface area contributed by atoms with Gasteiger partial charge in [0.2, 0.25) is 0 Å². The molecule has 8 nitrogen and oxygen atoms in total. The number of piperidine rings is 1. The minimum absolute atomic E-state index is 0. The van der Waals surface area contributed by atoms with E-state index < -0.39 is 0 Å². The van der Waals surface area contributed by atoms with E-state index in [1.807, 2.05) is 18.5 Å². The lowest BCUT2D eigenvalue weighted by Crippen LogP contribution is -2.51. The second-order valence-electron chi connectivity index (χ2n) is 8.74. The zero-order valence-corrected chi connectivity index (χ0v) is 21.7. The van der Waals surface area contributed by atoms with Gasteiger partial charge in [0.15, 0.2) is 11.8 Å². The van der Waals surface area contributed by atoms with E-state index in [4.69, 9.17) is 4.99 Å². The van der Waals surface area contributed by atoms with Crippen molar-refractivity contribution in [1.82, 2.24) is 35.2 Å². The zero-order valence-electron chi connectivity index (χ0n) is 19.4. The lowest BCUT2D eigenvalue weighted by atomic mass is 10.0. The summed E-state index contributed by atoms with van der Waals surface area (Å²) in [5.41, 5.74) is 0. The van der Waals surface area contributed by atoms with Gasteiger partial charge in [-0.25, -0.2) is 4.99 Å². The molecule has 3 heterocycles. The Morgan fingerprint density at radius 3 is 2.50 bits per heavy atom. The van der Waals surface area contributed by atoms with Crippen LogP contribution in [0.4, 0.5) is 0 Å². The maximum absolute atomic E-state index is 4.87. The SMILES string of the molecule is CCN1CCCC1CNC(=NCc1nnc(C)n1C)NC1CCN(C(C)C)CC1.I. The molecule has 1 atom stereocenters. The zero-order chi connectivity index (χ0) is 20.8. The van der Waals surface area contributed by atoms with Crippen molar-refractivity contribution in [2.24, 2.45) is 12.0 Å². The van der Waals surface area contributed by atoms with Gasteiger partial charge in [-0.2, -0.15) is 0 Å². The molecule has 2 aliphatic heterocycles. The summed E-state index contributed by atoms with van der Waals surface area (Å²) >= 11 is 0. The van der Waals surface area contributed by atoms with Crippen LogP contribution < -0.4 is 10.6 Å². The first-order chi connectivity index (χ1) is 14.0. The highest BCUT2D eigenvalue weighted by atomic mass is 127. The Kier molecular flexibility index (Phi) is 10.3. The summed E-state index contributed by atoms with van der Waals surface area (Å²) in [6.07, 6.45) is 4.88. The summed E-state index contributed by atoms with van der Waals surface area (Å²) < 4.78 is 2.01. The van der Waals surface area contributed by atoms with Crippen molar-refractivity contribution < 1.29 is 0 Å². The third-order valence-corrected chi connectivity index (χ3v) is 6.57. The summed E-state index contributed by atoms with van der Waals surface area (Å²) in [7, 11) is 2.00. The van der Waals surface area contributed by atoms with Crippen molar-refractivity contribution in [3.05, 3.63) is 11.6 Å². The molecule has 172 valence electrons.